The lowest BCUT2D eigenvalue weighted by Crippen LogP contribution is -2.45. The highest BCUT2D eigenvalue weighted by Crippen LogP contribution is 2.20. The Hall–Kier alpha value is -2.11. The van der Waals surface area contributed by atoms with Gasteiger partial charge in [0, 0.05) is 26.3 Å². The highest BCUT2D eigenvalue weighted by atomic mass is 16.2. The third-order valence-corrected chi connectivity index (χ3v) is 4.05. The number of likely N-dealkylation sites (tertiary alicyclic amines) is 1. The molecule has 3 amide bonds. The van der Waals surface area contributed by atoms with Crippen molar-refractivity contribution in [3.63, 3.8) is 0 Å². The van der Waals surface area contributed by atoms with Crippen molar-refractivity contribution in [2.45, 2.75) is 32.7 Å². The van der Waals surface area contributed by atoms with Gasteiger partial charge in [-0.15, -0.1) is 0 Å². The van der Waals surface area contributed by atoms with Crippen LogP contribution in [0.3, 0.4) is 0 Å². The third kappa shape index (κ3) is 2.57. The number of carbonyl (C=O) groups is 3. The van der Waals surface area contributed by atoms with Crippen molar-refractivity contribution in [3.05, 3.63) is 23.5 Å². The molecule has 6 nitrogen and oxygen atoms in total. The fourth-order valence-corrected chi connectivity index (χ4v) is 2.59. The molecule has 1 unspecified atom stereocenters. The van der Waals surface area contributed by atoms with Crippen molar-refractivity contribution in [1.29, 1.82) is 0 Å². The lowest BCUT2D eigenvalue weighted by atomic mass is 10.1. The first-order valence-electron chi connectivity index (χ1n) is 7.12. The number of imide groups is 1. The van der Waals surface area contributed by atoms with Crippen LogP contribution < -0.4 is 0 Å². The largest absolute Gasteiger partial charge is 0.344 e. The number of amides is 3. The fraction of sp³-hybridized carbons (Fsp3) is 0.533. The standard InChI is InChI=1S/C15H21N3O3/c1-5-8-18(12-9-13(19)17(4)14(12)20)15(21)11-7-6-10(2)16(11)3/h6-7,12H,5,8-9H2,1-4H3. The Kier molecular flexibility index (Phi) is 4.16. The van der Waals surface area contributed by atoms with Crippen LogP contribution in [0.5, 0.6) is 0 Å². The van der Waals surface area contributed by atoms with Gasteiger partial charge in [0.15, 0.2) is 0 Å². The molecule has 2 heterocycles. The topological polar surface area (TPSA) is 62.6 Å². The first-order valence-corrected chi connectivity index (χ1v) is 7.12. The highest BCUT2D eigenvalue weighted by Gasteiger charge is 2.41. The number of carbonyl (C=O) groups excluding carboxylic acids is 3. The normalized spacial score (nSPS) is 18.5. The van der Waals surface area contributed by atoms with Crippen LogP contribution in [0.2, 0.25) is 0 Å². The zero-order valence-electron chi connectivity index (χ0n) is 12.9. The molecule has 21 heavy (non-hydrogen) atoms. The van der Waals surface area contributed by atoms with E-state index in [1.54, 1.807) is 10.6 Å². The molecule has 1 saturated heterocycles. The van der Waals surface area contributed by atoms with Crippen molar-refractivity contribution >= 4 is 17.7 Å². The molecule has 1 aromatic heterocycles. The van der Waals surface area contributed by atoms with Gasteiger partial charge in [0.2, 0.25) is 5.91 Å². The summed E-state index contributed by atoms with van der Waals surface area (Å²) in [6.45, 7) is 4.32. The van der Waals surface area contributed by atoms with E-state index in [1.165, 1.54) is 11.9 Å². The molecule has 1 atom stereocenters. The van der Waals surface area contributed by atoms with Crippen LogP contribution in [0.15, 0.2) is 12.1 Å². The molecule has 114 valence electrons. The smallest absolute Gasteiger partial charge is 0.271 e. The third-order valence-electron chi connectivity index (χ3n) is 4.05. The van der Waals surface area contributed by atoms with Crippen LogP contribution in [-0.4, -0.2) is 51.7 Å². The van der Waals surface area contributed by atoms with Gasteiger partial charge in [-0.3, -0.25) is 19.3 Å². The summed E-state index contributed by atoms with van der Waals surface area (Å²) in [6.07, 6.45) is 0.807. The van der Waals surface area contributed by atoms with Crippen LogP contribution in [0, 0.1) is 6.92 Å². The van der Waals surface area contributed by atoms with Crippen LogP contribution in [-0.2, 0) is 16.6 Å². The molecule has 2 rings (SSSR count). The number of aromatic nitrogens is 1. The Balaban J connectivity index is 2.31. The minimum atomic E-state index is -0.676. The Morgan fingerprint density at radius 2 is 2.00 bits per heavy atom. The average Bonchev–Trinajstić information content (AvgIpc) is 2.91. The summed E-state index contributed by atoms with van der Waals surface area (Å²) in [6, 6.07) is 2.95. The van der Waals surface area contributed by atoms with E-state index in [4.69, 9.17) is 0 Å². The Bertz CT molecular complexity index is 591. The van der Waals surface area contributed by atoms with Gasteiger partial charge in [-0.05, 0) is 25.5 Å². The summed E-state index contributed by atoms with van der Waals surface area (Å²) in [5, 5.41) is 0. The molecule has 0 N–H and O–H groups in total. The molecule has 1 aliphatic rings. The van der Waals surface area contributed by atoms with E-state index in [9.17, 15) is 14.4 Å². The molecule has 1 aliphatic heterocycles. The quantitative estimate of drug-likeness (QED) is 0.776. The fourth-order valence-electron chi connectivity index (χ4n) is 2.59. The summed E-state index contributed by atoms with van der Waals surface area (Å²) in [5.74, 6) is -0.733. The maximum Gasteiger partial charge on any atom is 0.271 e. The van der Waals surface area contributed by atoms with Crippen molar-refractivity contribution in [1.82, 2.24) is 14.4 Å². The SMILES string of the molecule is CCCN(C(=O)c1ccc(C)n1C)C1CC(=O)N(C)C1=O. The Morgan fingerprint density at radius 3 is 2.43 bits per heavy atom. The van der Waals surface area contributed by atoms with Gasteiger partial charge in [-0.1, -0.05) is 6.92 Å². The molecule has 1 aromatic rings. The van der Waals surface area contributed by atoms with E-state index in [0.717, 1.165) is 17.0 Å². The summed E-state index contributed by atoms with van der Waals surface area (Å²) >= 11 is 0. The maximum absolute atomic E-state index is 12.7. The molecule has 0 bridgehead atoms. The van der Waals surface area contributed by atoms with Crippen LogP contribution >= 0.6 is 0 Å². The number of likely N-dealkylation sites (N-methyl/N-ethyl adjacent to an activating group) is 1. The molecule has 1 fully saturated rings. The van der Waals surface area contributed by atoms with E-state index >= 15 is 0 Å². The van der Waals surface area contributed by atoms with Gasteiger partial charge < -0.3 is 9.47 Å². The molecule has 0 aromatic carbocycles. The van der Waals surface area contributed by atoms with Crippen molar-refractivity contribution in [2.24, 2.45) is 7.05 Å². The number of hydrogen-bond donors (Lipinski definition) is 0. The van der Waals surface area contributed by atoms with Crippen molar-refractivity contribution < 1.29 is 14.4 Å². The molecule has 0 spiro atoms. The van der Waals surface area contributed by atoms with E-state index in [0.29, 0.717) is 12.2 Å². The maximum atomic E-state index is 12.7. The van der Waals surface area contributed by atoms with Gasteiger partial charge in [-0.2, -0.15) is 0 Å². The summed E-state index contributed by atoms with van der Waals surface area (Å²) in [4.78, 5) is 39.2. The predicted molar refractivity (Wildman–Crippen MR) is 77.7 cm³/mol. The molecule has 0 aliphatic carbocycles. The Morgan fingerprint density at radius 1 is 1.33 bits per heavy atom. The summed E-state index contributed by atoms with van der Waals surface area (Å²) in [7, 11) is 3.28. The average molecular weight is 291 g/mol. The second-order valence-corrected chi connectivity index (χ2v) is 5.43. The number of hydrogen-bond acceptors (Lipinski definition) is 3. The monoisotopic (exact) mass is 291 g/mol. The predicted octanol–water partition coefficient (Wildman–Crippen LogP) is 0.943. The zero-order chi connectivity index (χ0) is 15.7. The minimum absolute atomic E-state index is 0.0739. The lowest BCUT2D eigenvalue weighted by molar-refractivity contribution is -0.137. The van der Waals surface area contributed by atoms with E-state index < -0.39 is 6.04 Å². The number of rotatable bonds is 4. The second-order valence-electron chi connectivity index (χ2n) is 5.43. The van der Waals surface area contributed by atoms with Gasteiger partial charge >= 0.3 is 0 Å². The van der Waals surface area contributed by atoms with Gasteiger partial charge in [0.05, 0.1) is 6.42 Å². The van der Waals surface area contributed by atoms with Crippen molar-refractivity contribution in [3.8, 4) is 0 Å². The number of aryl methyl sites for hydroxylation is 1. The molecule has 0 radical (unpaired) electrons. The minimum Gasteiger partial charge on any atom is -0.344 e. The first-order chi connectivity index (χ1) is 9.88. The highest BCUT2D eigenvalue weighted by molar-refractivity contribution is 6.07. The zero-order valence-corrected chi connectivity index (χ0v) is 12.9. The van der Waals surface area contributed by atoms with Gasteiger partial charge in [0.25, 0.3) is 11.8 Å². The molecule has 0 saturated carbocycles. The van der Waals surface area contributed by atoms with E-state index in [-0.39, 0.29) is 24.1 Å². The van der Waals surface area contributed by atoms with Crippen LogP contribution in [0.4, 0.5) is 0 Å². The van der Waals surface area contributed by atoms with Crippen molar-refractivity contribution in [2.75, 3.05) is 13.6 Å². The number of nitrogens with zero attached hydrogens (tertiary/aromatic N) is 3. The molecular formula is C15H21N3O3. The first kappa shape index (κ1) is 15.3. The van der Waals surface area contributed by atoms with Crippen LogP contribution in [0.25, 0.3) is 0 Å². The Labute approximate surface area is 124 Å². The lowest BCUT2D eigenvalue weighted by Gasteiger charge is -2.27. The summed E-state index contributed by atoms with van der Waals surface area (Å²) in [5.41, 5.74) is 1.51. The second kappa shape index (κ2) is 5.71. The molecule has 6 heteroatoms. The van der Waals surface area contributed by atoms with Gasteiger partial charge in [0.1, 0.15) is 11.7 Å². The summed E-state index contributed by atoms with van der Waals surface area (Å²) < 4.78 is 1.80. The van der Waals surface area contributed by atoms with E-state index in [2.05, 4.69) is 0 Å². The molecular weight excluding hydrogens is 270 g/mol. The van der Waals surface area contributed by atoms with Crippen LogP contribution in [0.1, 0.15) is 35.9 Å². The van der Waals surface area contributed by atoms with Gasteiger partial charge in [-0.25, -0.2) is 0 Å². The van der Waals surface area contributed by atoms with E-state index in [1.807, 2.05) is 27.0 Å².